The van der Waals surface area contributed by atoms with Crippen molar-refractivity contribution in [3.8, 4) is 39.1 Å². The molecule has 0 atom stereocenters. The van der Waals surface area contributed by atoms with Crippen LogP contribution in [0.25, 0.3) is 82.5 Å². The van der Waals surface area contributed by atoms with Gasteiger partial charge < -0.3 is 4.57 Å². The molecule has 0 aliphatic heterocycles. The molecule has 9 rings (SSSR count). The molecule has 0 unspecified atom stereocenters. The Hall–Kier alpha value is -5.21. The highest BCUT2D eigenvalue weighted by molar-refractivity contribution is 6.20. The first-order chi connectivity index (χ1) is 19.4. The predicted molar refractivity (Wildman–Crippen MR) is 163 cm³/mol. The van der Waals surface area contributed by atoms with Crippen molar-refractivity contribution in [2.75, 3.05) is 0 Å². The second-order valence-corrected chi connectivity index (χ2v) is 10.4. The first-order valence-electron chi connectivity index (χ1n) is 13.4. The molecule has 2 heterocycles. The highest BCUT2D eigenvalue weighted by Crippen LogP contribution is 2.49. The maximum absolute atomic E-state index is 4.85. The second-order valence-electron chi connectivity index (χ2n) is 10.4. The molecule has 0 bridgehead atoms. The summed E-state index contributed by atoms with van der Waals surface area (Å²) in [6.45, 7) is 0. The highest BCUT2D eigenvalue weighted by Gasteiger charge is 2.22. The van der Waals surface area contributed by atoms with Gasteiger partial charge in [-0.05, 0) is 85.3 Å². The van der Waals surface area contributed by atoms with Gasteiger partial charge >= 0.3 is 0 Å². The molecule has 0 radical (unpaired) electrons. The molecule has 6 aromatic carbocycles. The lowest BCUT2D eigenvalue weighted by molar-refractivity contribution is 1.18. The zero-order valence-corrected chi connectivity index (χ0v) is 21.1. The SMILES string of the molecule is c1cc(-c2ccc3c4c(cccc24)-c2ccccc2-3)cc(-n2c3cccnc3c3c4ccccc4ccc32)c1. The first kappa shape index (κ1) is 20.8. The Kier molecular flexibility index (Phi) is 4.08. The van der Waals surface area contributed by atoms with E-state index in [1.807, 2.05) is 12.3 Å². The number of hydrogen-bond donors (Lipinski definition) is 0. The van der Waals surface area contributed by atoms with E-state index in [1.165, 1.54) is 65.8 Å². The second kappa shape index (κ2) is 7.66. The molecule has 0 N–H and O–H groups in total. The van der Waals surface area contributed by atoms with Gasteiger partial charge in [0, 0.05) is 17.3 Å². The fourth-order valence-electron chi connectivity index (χ4n) is 6.75. The molecule has 1 aliphatic rings. The number of fused-ring (bicyclic) bond motifs is 8. The number of pyridine rings is 1. The summed E-state index contributed by atoms with van der Waals surface area (Å²) in [7, 11) is 0. The Morgan fingerprint density at radius 1 is 0.462 bits per heavy atom. The number of rotatable bonds is 2. The Morgan fingerprint density at radius 3 is 2.13 bits per heavy atom. The third kappa shape index (κ3) is 2.78. The lowest BCUT2D eigenvalue weighted by Gasteiger charge is -2.13. The monoisotopic (exact) mass is 494 g/mol. The minimum atomic E-state index is 1.04. The van der Waals surface area contributed by atoms with Crippen LogP contribution >= 0.6 is 0 Å². The third-order valence-electron chi connectivity index (χ3n) is 8.38. The summed E-state index contributed by atoms with van der Waals surface area (Å²) in [6.07, 6.45) is 1.90. The fourth-order valence-corrected chi connectivity index (χ4v) is 6.75. The summed E-state index contributed by atoms with van der Waals surface area (Å²) >= 11 is 0. The van der Waals surface area contributed by atoms with Gasteiger partial charge in [0.15, 0.2) is 0 Å². The molecule has 180 valence electrons. The zero-order valence-electron chi connectivity index (χ0n) is 21.1. The van der Waals surface area contributed by atoms with Crippen LogP contribution in [-0.4, -0.2) is 9.55 Å². The summed E-state index contributed by atoms with van der Waals surface area (Å²) < 4.78 is 2.36. The van der Waals surface area contributed by atoms with E-state index in [0.29, 0.717) is 0 Å². The van der Waals surface area contributed by atoms with Crippen molar-refractivity contribution in [1.29, 1.82) is 0 Å². The molecule has 0 fully saturated rings. The molecule has 0 saturated heterocycles. The first-order valence-corrected chi connectivity index (χ1v) is 13.4. The molecule has 2 heteroatoms. The van der Waals surface area contributed by atoms with Gasteiger partial charge in [-0.15, -0.1) is 0 Å². The quantitative estimate of drug-likeness (QED) is 0.234. The number of aromatic nitrogens is 2. The number of nitrogens with zero attached hydrogens (tertiary/aromatic N) is 2. The summed E-state index contributed by atoms with van der Waals surface area (Å²) in [5.41, 5.74) is 12.3. The summed E-state index contributed by atoms with van der Waals surface area (Å²) in [5, 5.41) is 6.33. The van der Waals surface area contributed by atoms with Gasteiger partial charge in [0.2, 0.25) is 0 Å². The van der Waals surface area contributed by atoms with Crippen LogP contribution in [0.5, 0.6) is 0 Å². The van der Waals surface area contributed by atoms with Crippen molar-refractivity contribution in [1.82, 2.24) is 9.55 Å². The van der Waals surface area contributed by atoms with Gasteiger partial charge in [-0.2, -0.15) is 0 Å². The van der Waals surface area contributed by atoms with Gasteiger partial charge in [0.25, 0.3) is 0 Å². The van der Waals surface area contributed by atoms with Gasteiger partial charge in [-0.25, -0.2) is 0 Å². The van der Waals surface area contributed by atoms with Crippen LogP contribution in [0.3, 0.4) is 0 Å². The largest absolute Gasteiger partial charge is 0.308 e. The van der Waals surface area contributed by atoms with E-state index >= 15 is 0 Å². The molecular weight excluding hydrogens is 472 g/mol. The van der Waals surface area contributed by atoms with Crippen molar-refractivity contribution in [3.05, 3.63) is 134 Å². The van der Waals surface area contributed by atoms with E-state index in [9.17, 15) is 0 Å². The van der Waals surface area contributed by atoms with E-state index in [2.05, 4.69) is 126 Å². The maximum Gasteiger partial charge on any atom is 0.0969 e. The van der Waals surface area contributed by atoms with Crippen molar-refractivity contribution < 1.29 is 0 Å². The van der Waals surface area contributed by atoms with Crippen molar-refractivity contribution in [3.63, 3.8) is 0 Å². The van der Waals surface area contributed by atoms with E-state index in [0.717, 1.165) is 16.7 Å². The minimum Gasteiger partial charge on any atom is -0.308 e. The lowest BCUT2D eigenvalue weighted by atomic mass is 9.94. The predicted octanol–water partition coefficient (Wildman–Crippen LogP) is 9.80. The van der Waals surface area contributed by atoms with Gasteiger partial charge in [-0.1, -0.05) is 97.1 Å². The van der Waals surface area contributed by atoms with Gasteiger partial charge in [0.05, 0.1) is 16.6 Å². The minimum absolute atomic E-state index is 1.04. The van der Waals surface area contributed by atoms with E-state index in [-0.39, 0.29) is 0 Å². The van der Waals surface area contributed by atoms with Crippen LogP contribution in [0.15, 0.2) is 134 Å². The van der Waals surface area contributed by atoms with E-state index in [4.69, 9.17) is 4.98 Å². The van der Waals surface area contributed by atoms with Crippen LogP contribution in [0.1, 0.15) is 0 Å². The average molecular weight is 495 g/mol. The molecule has 2 aromatic heterocycles. The van der Waals surface area contributed by atoms with Crippen LogP contribution in [0, 0.1) is 0 Å². The summed E-state index contributed by atoms with van der Waals surface area (Å²) in [5.74, 6) is 0. The molecule has 39 heavy (non-hydrogen) atoms. The molecule has 1 aliphatic carbocycles. The van der Waals surface area contributed by atoms with Gasteiger partial charge in [0.1, 0.15) is 0 Å². The highest BCUT2D eigenvalue weighted by atomic mass is 15.0. The fraction of sp³-hybridized carbons (Fsp3) is 0. The van der Waals surface area contributed by atoms with E-state index < -0.39 is 0 Å². The zero-order chi connectivity index (χ0) is 25.5. The Bertz CT molecular complexity index is 2260. The van der Waals surface area contributed by atoms with Crippen molar-refractivity contribution >= 4 is 43.5 Å². The normalized spacial score (nSPS) is 12.1. The Morgan fingerprint density at radius 2 is 1.21 bits per heavy atom. The smallest absolute Gasteiger partial charge is 0.0969 e. The molecule has 0 spiro atoms. The third-order valence-corrected chi connectivity index (χ3v) is 8.38. The molecule has 8 aromatic rings. The molecule has 2 nitrogen and oxygen atoms in total. The summed E-state index contributed by atoms with van der Waals surface area (Å²) in [6, 6.07) is 46.3. The van der Waals surface area contributed by atoms with Crippen LogP contribution in [0.2, 0.25) is 0 Å². The molecule has 0 saturated carbocycles. The van der Waals surface area contributed by atoms with E-state index in [1.54, 1.807) is 0 Å². The number of benzene rings is 6. The van der Waals surface area contributed by atoms with Crippen molar-refractivity contribution in [2.45, 2.75) is 0 Å². The van der Waals surface area contributed by atoms with Gasteiger partial charge in [-0.3, -0.25) is 4.98 Å². The van der Waals surface area contributed by atoms with Crippen molar-refractivity contribution in [2.24, 2.45) is 0 Å². The Labute approximate surface area is 225 Å². The molecular formula is C37H22N2. The topological polar surface area (TPSA) is 17.8 Å². The summed E-state index contributed by atoms with van der Waals surface area (Å²) in [4.78, 5) is 4.85. The van der Waals surface area contributed by atoms with Crippen LogP contribution < -0.4 is 0 Å². The average Bonchev–Trinajstić information content (AvgIpc) is 3.52. The lowest BCUT2D eigenvalue weighted by Crippen LogP contribution is -1.94. The number of hydrogen-bond acceptors (Lipinski definition) is 1. The van der Waals surface area contributed by atoms with Crippen LogP contribution in [0.4, 0.5) is 0 Å². The molecule has 0 amide bonds. The van der Waals surface area contributed by atoms with Crippen LogP contribution in [-0.2, 0) is 0 Å². The maximum atomic E-state index is 4.85. The standard InChI is InChI=1S/C37H22N2/c1-2-11-27-23(8-1)17-20-33-36(27)37-34(16-7-21-38-37)39(33)25-10-5-9-24(22-25)26-18-19-32-29-13-4-3-12-28(29)31-15-6-14-30(26)35(31)32/h1-22H. The Balaban J connectivity index is 1.31.